The maximum Gasteiger partial charge on any atom is 0.310 e. The van der Waals surface area contributed by atoms with E-state index < -0.39 is 11.9 Å². The molecule has 0 unspecified atom stereocenters. The number of ether oxygens (including phenoxy) is 3. The molecule has 0 aliphatic carbocycles. The molecule has 0 saturated heterocycles. The lowest BCUT2D eigenvalue weighted by atomic mass is 10.1. The van der Waals surface area contributed by atoms with Crippen molar-refractivity contribution in [1.82, 2.24) is 24.9 Å². The van der Waals surface area contributed by atoms with Gasteiger partial charge in [-0.25, -0.2) is 9.50 Å². The van der Waals surface area contributed by atoms with E-state index in [4.69, 9.17) is 14.2 Å². The average Bonchev–Trinajstić information content (AvgIpc) is 3.21. The SMILES string of the molecule is COc1ccc(CNC(=O)COC(=O)Cc2c(C)nc3ncnn3c2C)cc1OC. The van der Waals surface area contributed by atoms with Crippen LogP contribution in [0.4, 0.5) is 0 Å². The monoisotopic (exact) mass is 413 g/mol. The lowest BCUT2D eigenvalue weighted by Gasteiger charge is -2.11. The van der Waals surface area contributed by atoms with Crippen molar-refractivity contribution in [2.75, 3.05) is 20.8 Å². The van der Waals surface area contributed by atoms with Crippen molar-refractivity contribution < 1.29 is 23.8 Å². The molecule has 0 spiro atoms. The molecule has 1 aromatic carbocycles. The lowest BCUT2D eigenvalue weighted by molar-refractivity contribution is -0.147. The Morgan fingerprint density at radius 3 is 2.63 bits per heavy atom. The molecule has 10 nitrogen and oxygen atoms in total. The van der Waals surface area contributed by atoms with Crippen LogP contribution in [0, 0.1) is 13.8 Å². The Kier molecular flexibility index (Phi) is 6.45. The van der Waals surface area contributed by atoms with Gasteiger partial charge in [-0.15, -0.1) is 0 Å². The van der Waals surface area contributed by atoms with Gasteiger partial charge in [0.15, 0.2) is 18.1 Å². The number of nitrogens with zero attached hydrogens (tertiary/aromatic N) is 4. The molecule has 0 atom stereocenters. The molecule has 1 amide bonds. The predicted molar refractivity (Wildman–Crippen MR) is 106 cm³/mol. The second kappa shape index (κ2) is 9.21. The molecule has 3 rings (SSSR count). The summed E-state index contributed by atoms with van der Waals surface area (Å²) in [5, 5.41) is 6.79. The number of carbonyl (C=O) groups excluding carboxylic acids is 2. The topological polar surface area (TPSA) is 117 Å². The minimum absolute atomic E-state index is 0.0105. The van der Waals surface area contributed by atoms with Crippen molar-refractivity contribution in [3.05, 3.63) is 47.0 Å². The summed E-state index contributed by atoms with van der Waals surface area (Å²) >= 11 is 0. The molecular formula is C20H23N5O5. The molecule has 0 aliphatic heterocycles. The number of carbonyl (C=O) groups is 2. The third-order valence-electron chi connectivity index (χ3n) is 4.61. The third kappa shape index (κ3) is 4.65. The van der Waals surface area contributed by atoms with Crippen molar-refractivity contribution >= 4 is 17.7 Å². The zero-order valence-corrected chi connectivity index (χ0v) is 17.3. The molecule has 0 aliphatic rings. The predicted octanol–water partition coefficient (Wildman–Crippen LogP) is 1.16. The van der Waals surface area contributed by atoms with Crippen molar-refractivity contribution in [1.29, 1.82) is 0 Å². The van der Waals surface area contributed by atoms with Crippen LogP contribution in [0.1, 0.15) is 22.5 Å². The highest BCUT2D eigenvalue weighted by Gasteiger charge is 2.16. The van der Waals surface area contributed by atoms with Gasteiger partial charge in [-0.1, -0.05) is 6.07 Å². The van der Waals surface area contributed by atoms with Crippen molar-refractivity contribution in [2.24, 2.45) is 0 Å². The van der Waals surface area contributed by atoms with E-state index in [9.17, 15) is 9.59 Å². The number of aryl methyl sites for hydroxylation is 2. The Labute approximate surface area is 173 Å². The van der Waals surface area contributed by atoms with Gasteiger partial charge in [0.1, 0.15) is 6.33 Å². The summed E-state index contributed by atoms with van der Waals surface area (Å²) in [5.74, 6) is 0.710. The number of esters is 1. The Morgan fingerprint density at radius 2 is 1.90 bits per heavy atom. The maximum atomic E-state index is 12.2. The standard InChI is InChI=1S/C20H23N5O5/c1-12-15(13(2)25-20(24-12)22-11-23-25)8-19(27)30-10-18(26)21-9-14-5-6-16(28-3)17(7-14)29-4/h5-7,11H,8-10H2,1-4H3,(H,21,26). The zero-order chi connectivity index (χ0) is 21.7. The molecule has 2 aromatic heterocycles. The van der Waals surface area contributed by atoms with Gasteiger partial charge in [0.2, 0.25) is 0 Å². The number of hydrogen-bond acceptors (Lipinski definition) is 8. The number of hydrogen-bond donors (Lipinski definition) is 1. The molecule has 0 bridgehead atoms. The maximum absolute atomic E-state index is 12.2. The molecule has 30 heavy (non-hydrogen) atoms. The third-order valence-corrected chi connectivity index (χ3v) is 4.61. The molecule has 158 valence electrons. The van der Waals surface area contributed by atoms with Gasteiger partial charge in [0.25, 0.3) is 11.7 Å². The van der Waals surface area contributed by atoms with Crippen molar-refractivity contribution in [3.63, 3.8) is 0 Å². The molecule has 1 N–H and O–H groups in total. The van der Waals surface area contributed by atoms with Crippen LogP contribution in [0.2, 0.25) is 0 Å². The fraction of sp³-hybridized carbons (Fsp3) is 0.350. The van der Waals surface area contributed by atoms with Crippen LogP contribution in [-0.2, 0) is 27.3 Å². The van der Waals surface area contributed by atoms with Gasteiger partial charge in [0, 0.05) is 23.5 Å². The first-order valence-corrected chi connectivity index (χ1v) is 9.22. The first-order valence-electron chi connectivity index (χ1n) is 9.22. The molecular weight excluding hydrogens is 390 g/mol. The molecule has 3 aromatic rings. The van der Waals surface area contributed by atoms with E-state index in [-0.39, 0.29) is 19.6 Å². The van der Waals surface area contributed by atoms with Crippen LogP contribution in [0.25, 0.3) is 5.78 Å². The minimum atomic E-state index is -0.524. The highest BCUT2D eigenvalue weighted by molar-refractivity contribution is 5.81. The Bertz CT molecular complexity index is 1080. The Balaban J connectivity index is 1.52. The lowest BCUT2D eigenvalue weighted by Crippen LogP contribution is -2.28. The molecule has 0 fully saturated rings. The summed E-state index contributed by atoms with van der Waals surface area (Å²) in [6, 6.07) is 5.33. The summed E-state index contributed by atoms with van der Waals surface area (Å²) in [4.78, 5) is 32.6. The van der Waals surface area contributed by atoms with Crippen molar-refractivity contribution in [2.45, 2.75) is 26.8 Å². The number of benzene rings is 1. The largest absolute Gasteiger partial charge is 0.493 e. The smallest absolute Gasteiger partial charge is 0.310 e. The van der Waals surface area contributed by atoms with Crippen LogP contribution < -0.4 is 14.8 Å². The highest BCUT2D eigenvalue weighted by Crippen LogP contribution is 2.27. The van der Waals surface area contributed by atoms with Crippen LogP contribution in [0.15, 0.2) is 24.5 Å². The highest BCUT2D eigenvalue weighted by atomic mass is 16.5. The summed E-state index contributed by atoms with van der Waals surface area (Å²) in [7, 11) is 3.09. The summed E-state index contributed by atoms with van der Waals surface area (Å²) in [6.45, 7) is 3.51. The second-order valence-corrected chi connectivity index (χ2v) is 6.54. The van der Waals surface area contributed by atoms with Crippen LogP contribution >= 0.6 is 0 Å². The van der Waals surface area contributed by atoms with Gasteiger partial charge in [-0.2, -0.15) is 10.1 Å². The van der Waals surface area contributed by atoms with Gasteiger partial charge in [-0.3, -0.25) is 9.59 Å². The van der Waals surface area contributed by atoms with Crippen LogP contribution in [0.5, 0.6) is 11.5 Å². The van der Waals surface area contributed by atoms with E-state index in [1.54, 1.807) is 37.8 Å². The van der Waals surface area contributed by atoms with Gasteiger partial charge >= 0.3 is 5.97 Å². The minimum Gasteiger partial charge on any atom is -0.493 e. The first kappa shape index (κ1) is 21.0. The van der Waals surface area contributed by atoms with Crippen molar-refractivity contribution in [3.8, 4) is 11.5 Å². The molecule has 10 heteroatoms. The first-order chi connectivity index (χ1) is 14.4. The van der Waals surface area contributed by atoms with Crippen LogP contribution in [0.3, 0.4) is 0 Å². The Morgan fingerprint density at radius 1 is 1.13 bits per heavy atom. The summed E-state index contributed by atoms with van der Waals surface area (Å²) < 4.78 is 17.1. The fourth-order valence-electron chi connectivity index (χ4n) is 2.99. The van der Waals surface area contributed by atoms with E-state index in [2.05, 4.69) is 20.4 Å². The summed E-state index contributed by atoms with van der Waals surface area (Å²) in [6.07, 6.45) is 1.39. The van der Waals surface area contributed by atoms with Gasteiger partial charge in [0.05, 0.1) is 20.6 Å². The number of rotatable bonds is 8. The fourth-order valence-corrected chi connectivity index (χ4v) is 2.99. The van der Waals surface area contributed by atoms with E-state index in [0.717, 1.165) is 11.3 Å². The van der Waals surface area contributed by atoms with E-state index in [1.165, 1.54) is 6.33 Å². The molecule has 0 saturated carbocycles. The van der Waals surface area contributed by atoms with Gasteiger partial charge < -0.3 is 19.5 Å². The zero-order valence-electron chi connectivity index (χ0n) is 17.3. The number of nitrogens with one attached hydrogen (secondary N) is 1. The quantitative estimate of drug-likeness (QED) is 0.547. The number of aromatic nitrogens is 4. The summed E-state index contributed by atoms with van der Waals surface area (Å²) in [5.41, 5.74) is 2.95. The molecule has 2 heterocycles. The Hall–Kier alpha value is -3.69. The average molecular weight is 413 g/mol. The number of amides is 1. The molecule has 0 radical (unpaired) electrons. The second-order valence-electron chi connectivity index (χ2n) is 6.54. The van der Waals surface area contributed by atoms with E-state index in [0.29, 0.717) is 28.5 Å². The van der Waals surface area contributed by atoms with Gasteiger partial charge in [-0.05, 0) is 31.5 Å². The number of methoxy groups -OCH3 is 2. The van der Waals surface area contributed by atoms with E-state index in [1.807, 2.05) is 13.0 Å². The van der Waals surface area contributed by atoms with E-state index >= 15 is 0 Å². The number of fused-ring (bicyclic) bond motifs is 1. The van der Waals surface area contributed by atoms with Crippen LogP contribution in [-0.4, -0.2) is 52.3 Å². The normalized spacial score (nSPS) is 10.7.